The lowest BCUT2D eigenvalue weighted by Crippen LogP contribution is -2.21. The number of aromatic nitrogens is 5. The molecule has 0 fully saturated rings. The molecule has 2 aliphatic rings. The Labute approximate surface area is 508 Å². The highest BCUT2D eigenvalue weighted by molar-refractivity contribution is 7.99. The first-order valence-electron chi connectivity index (χ1n) is 27.5. The van der Waals surface area contributed by atoms with Crippen LogP contribution in [0.15, 0.2) is 234 Å². The Balaban J connectivity index is 0.000000146. The normalized spacial score (nSPS) is 13.6. The predicted octanol–water partition coefficient (Wildman–Crippen LogP) is 9.70. The average Bonchev–Trinajstić information content (AvgIpc) is 4.14. The second-order valence-corrected chi connectivity index (χ2v) is 26.3. The monoisotopic (exact) mass is 1240 g/mol. The third-order valence-electron chi connectivity index (χ3n) is 13.4. The van der Waals surface area contributed by atoms with E-state index in [1.165, 1.54) is 24.4 Å². The van der Waals surface area contributed by atoms with Gasteiger partial charge in [0.15, 0.2) is 15.6 Å². The smallest absolute Gasteiger partial charge is 0.263 e. The Kier molecular flexibility index (Phi) is 19.4. The number of amides is 1. The van der Waals surface area contributed by atoms with E-state index in [4.69, 9.17) is 27.5 Å². The fraction of sp³-hybridized carbons (Fsp3) is 0.154. The number of rotatable bonds is 22. The van der Waals surface area contributed by atoms with Crippen LogP contribution in [0.1, 0.15) is 22.6 Å². The first-order chi connectivity index (χ1) is 42.6. The fourth-order valence-corrected chi connectivity index (χ4v) is 12.6. The molecule has 0 saturated carbocycles. The molecule has 6 heterocycles. The van der Waals surface area contributed by atoms with Crippen molar-refractivity contribution in [3.05, 3.63) is 234 Å². The molecule has 0 spiro atoms. The van der Waals surface area contributed by atoms with E-state index in [-0.39, 0.29) is 33.5 Å². The predicted molar refractivity (Wildman–Crippen MR) is 332 cm³/mol. The van der Waals surface area contributed by atoms with Gasteiger partial charge in [0, 0.05) is 60.5 Å². The summed E-state index contributed by atoms with van der Waals surface area (Å²) < 4.78 is 95.7. The van der Waals surface area contributed by atoms with Crippen molar-refractivity contribution in [2.45, 2.75) is 34.8 Å². The molecule has 12 rings (SSSR count). The van der Waals surface area contributed by atoms with E-state index in [0.717, 1.165) is 50.8 Å². The molecule has 6 aromatic carbocycles. The standard InChI is InChI=1S/C22H21N3O3S.C22H20N2O5S.C21H18N2O5S/c1-29(2,26)20-14-23-25-21(20)16-8-10-19(11-9-16)27-13-12-18-15-28-22(24-18)17-6-4-3-5-7-17;25-20-12-23-13-21(20)30(26,27)15-16-6-8-19(9-7-16)28-11-10-18-14-29-22(24-18)17-4-2-1-3-5-17;24-20-19(10-12-22-20)29(25,26)18-8-6-17(7-9-18)27-13-11-16-14-28-21(23-16)15-4-2-1-3-5-15/h3-11,14-15H,1,12-13H2,2H3,(H,23,25);1-9,13-14,23H,10-12,15H2;1-10,14H,11-13H2,(H,22,24). The van der Waals surface area contributed by atoms with Crippen molar-refractivity contribution < 1.29 is 58.1 Å². The lowest BCUT2D eigenvalue weighted by molar-refractivity contribution is -0.116. The summed E-state index contributed by atoms with van der Waals surface area (Å²) >= 11 is 0. The third kappa shape index (κ3) is 15.9. The minimum Gasteiger partial charge on any atom is -0.493 e. The number of ether oxygens (including phenoxy) is 3. The van der Waals surface area contributed by atoms with E-state index in [2.05, 4.69) is 41.7 Å². The van der Waals surface area contributed by atoms with Crippen molar-refractivity contribution in [2.24, 2.45) is 0 Å². The first kappa shape index (κ1) is 61.0. The van der Waals surface area contributed by atoms with Gasteiger partial charge in [-0.1, -0.05) is 66.7 Å². The number of H-pyrrole nitrogens is 1. The molecule has 450 valence electrons. The minimum atomic E-state index is -3.82. The molecule has 0 radical (unpaired) electrons. The van der Waals surface area contributed by atoms with Gasteiger partial charge in [-0.2, -0.15) is 5.10 Å². The molecule has 20 nitrogen and oxygen atoms in total. The summed E-state index contributed by atoms with van der Waals surface area (Å²) in [7, 11) is -9.83. The Bertz CT molecular complexity index is 4410. The number of carbonyl (C=O) groups excluding carboxylic acids is 2. The molecule has 88 heavy (non-hydrogen) atoms. The summed E-state index contributed by atoms with van der Waals surface area (Å²) in [6.07, 6.45) is 12.5. The quantitative estimate of drug-likeness (QED) is 0.0532. The maximum absolute atomic E-state index is 12.5. The molecule has 3 N–H and O–H groups in total. The van der Waals surface area contributed by atoms with Crippen molar-refractivity contribution in [2.75, 3.05) is 39.2 Å². The first-order valence-corrected chi connectivity index (χ1v) is 32.8. The molecule has 10 aromatic rings. The van der Waals surface area contributed by atoms with Crippen LogP contribution in [0.3, 0.4) is 0 Å². The van der Waals surface area contributed by atoms with Gasteiger partial charge in [0.2, 0.25) is 27.5 Å². The van der Waals surface area contributed by atoms with Gasteiger partial charge in [-0.05, 0) is 124 Å². The number of ketones is 1. The summed E-state index contributed by atoms with van der Waals surface area (Å²) in [6, 6.07) is 49.4. The Morgan fingerprint density at radius 1 is 0.545 bits per heavy atom. The van der Waals surface area contributed by atoms with Crippen LogP contribution in [0.5, 0.6) is 17.2 Å². The maximum atomic E-state index is 12.5. The van der Waals surface area contributed by atoms with Crippen LogP contribution >= 0.6 is 0 Å². The molecule has 23 heteroatoms. The van der Waals surface area contributed by atoms with Crippen molar-refractivity contribution in [1.29, 1.82) is 0 Å². The molecule has 0 aliphatic carbocycles. The number of hydrogen-bond acceptors (Lipinski definition) is 18. The average molecular weight is 1240 g/mol. The van der Waals surface area contributed by atoms with Crippen LogP contribution in [0, 0.1) is 0 Å². The van der Waals surface area contributed by atoms with Crippen LogP contribution in [0.4, 0.5) is 0 Å². The summed E-state index contributed by atoms with van der Waals surface area (Å²) in [5.41, 5.74) is 7.36. The summed E-state index contributed by atoms with van der Waals surface area (Å²) in [6.45, 7) is 1.51. The fourth-order valence-electron chi connectivity index (χ4n) is 8.89. The van der Waals surface area contributed by atoms with Crippen molar-refractivity contribution in [1.82, 2.24) is 35.8 Å². The van der Waals surface area contributed by atoms with Gasteiger partial charge in [0.1, 0.15) is 45.8 Å². The van der Waals surface area contributed by atoms with E-state index in [0.29, 0.717) is 78.7 Å². The van der Waals surface area contributed by atoms with E-state index in [1.54, 1.807) is 67.6 Å². The highest BCUT2D eigenvalue weighted by atomic mass is 32.2. The zero-order valence-electron chi connectivity index (χ0n) is 47.4. The molecule has 0 bridgehead atoms. The number of benzene rings is 6. The minimum absolute atomic E-state index is 0.0275. The van der Waals surface area contributed by atoms with Crippen LogP contribution < -0.4 is 24.8 Å². The molecular formula is C65H59N7O13S3. The van der Waals surface area contributed by atoms with E-state index in [9.17, 15) is 30.6 Å². The highest BCUT2D eigenvalue weighted by Gasteiger charge is 2.30. The topological polar surface area (TPSA) is 278 Å². The number of carbonyl (C=O) groups is 2. The van der Waals surface area contributed by atoms with Gasteiger partial charge in [-0.15, -0.1) is 0 Å². The van der Waals surface area contributed by atoms with Crippen LogP contribution in [-0.2, 0) is 63.8 Å². The van der Waals surface area contributed by atoms with Crippen LogP contribution in [-0.4, -0.2) is 103 Å². The number of nitrogens with one attached hydrogen (secondary N) is 3. The number of hydrogen-bond donors (Lipinski definition) is 3. The molecule has 0 saturated heterocycles. The second-order valence-electron chi connectivity index (χ2n) is 19.9. The lowest BCUT2D eigenvalue weighted by Gasteiger charge is -2.07. The van der Waals surface area contributed by atoms with Gasteiger partial charge < -0.3 is 38.1 Å². The summed E-state index contributed by atoms with van der Waals surface area (Å²) in [5, 5.41) is 12.0. The van der Waals surface area contributed by atoms with Gasteiger partial charge in [0.05, 0.1) is 70.9 Å². The number of Topliss-reactive ketones (excluding diaryl/α,β-unsaturated/α-hetero) is 1. The van der Waals surface area contributed by atoms with Crippen LogP contribution in [0.25, 0.3) is 45.6 Å². The Hall–Kier alpha value is -10.1. The summed E-state index contributed by atoms with van der Waals surface area (Å²) in [5.74, 6) is 6.16. The molecule has 4 aromatic heterocycles. The van der Waals surface area contributed by atoms with Gasteiger partial charge >= 0.3 is 0 Å². The molecular weight excluding hydrogens is 1180 g/mol. The molecule has 1 unspecified atom stereocenters. The van der Waals surface area contributed by atoms with E-state index >= 15 is 0 Å². The van der Waals surface area contributed by atoms with Crippen LogP contribution in [0.2, 0.25) is 0 Å². The lowest BCUT2D eigenvalue weighted by atomic mass is 10.1. The summed E-state index contributed by atoms with van der Waals surface area (Å²) in [4.78, 5) is 37.0. The van der Waals surface area contributed by atoms with Gasteiger partial charge in [0.25, 0.3) is 5.91 Å². The zero-order valence-corrected chi connectivity index (χ0v) is 49.9. The van der Waals surface area contributed by atoms with Gasteiger partial charge in [-0.25, -0.2) is 31.8 Å². The Morgan fingerprint density at radius 2 is 0.989 bits per heavy atom. The van der Waals surface area contributed by atoms with Crippen molar-refractivity contribution >= 4 is 46.8 Å². The number of sulfone groups is 2. The third-order valence-corrected chi connectivity index (χ3v) is 18.2. The second kappa shape index (κ2) is 27.9. The highest BCUT2D eigenvalue weighted by Crippen LogP contribution is 2.29. The zero-order chi connectivity index (χ0) is 61.5. The number of nitrogens with zero attached hydrogens (tertiary/aromatic N) is 4. The maximum Gasteiger partial charge on any atom is 0.263 e. The number of aromatic amines is 1. The van der Waals surface area contributed by atoms with Crippen molar-refractivity contribution in [3.8, 4) is 62.9 Å². The largest absolute Gasteiger partial charge is 0.493 e. The Morgan fingerprint density at radius 3 is 1.40 bits per heavy atom. The van der Waals surface area contributed by atoms with E-state index in [1.807, 2.05) is 115 Å². The molecule has 2 aliphatic heterocycles. The molecule has 1 atom stereocenters. The number of oxazole rings is 3. The van der Waals surface area contributed by atoms with Gasteiger partial charge in [-0.3, -0.25) is 18.9 Å². The van der Waals surface area contributed by atoms with Crippen molar-refractivity contribution in [3.63, 3.8) is 0 Å². The molecule has 1 amide bonds. The van der Waals surface area contributed by atoms with E-state index < -0.39 is 40.9 Å². The SMILES string of the molecule is C=S(C)(=O)c1cn[nH]c1-c1ccc(OCCc2coc(-c3ccccc3)n2)cc1.O=C1CNC=C1S(=O)(=O)Cc1ccc(OCCc2coc(-c3ccccc3)n2)cc1.O=C1NCC=C1S(=O)(=O)c1ccc(OCCc2coc(-c3ccccc3)n2)cc1.